The maximum Gasteiger partial charge on any atom is 0.223 e. The van der Waals surface area contributed by atoms with Gasteiger partial charge in [-0.25, -0.2) is 4.39 Å². The first kappa shape index (κ1) is 23.0. The van der Waals surface area contributed by atoms with E-state index < -0.39 is 0 Å². The summed E-state index contributed by atoms with van der Waals surface area (Å²) in [6.45, 7) is 2.36. The van der Waals surface area contributed by atoms with Crippen molar-refractivity contribution < 1.29 is 13.9 Å². The molecule has 3 aromatic carbocycles. The fourth-order valence-electron chi connectivity index (χ4n) is 5.20. The molecule has 180 valence electrons. The molecule has 0 saturated carbocycles. The molecule has 1 amide bonds. The molecule has 1 saturated heterocycles. The minimum Gasteiger partial charge on any atom is -0.496 e. The number of amides is 1. The Morgan fingerprint density at radius 1 is 0.914 bits per heavy atom. The lowest BCUT2D eigenvalue weighted by molar-refractivity contribution is -0.131. The number of fused-ring (bicyclic) bond motifs is 1. The minimum atomic E-state index is -0.223. The standard InChI is InChI=1S/C29H30FN3O2/c1-31-20-24(21-9-3-6-12-26(21)31)23(22-10-4-8-14-28(22)35-2)19-29(34)33-17-15-32(16-18-33)27-13-7-5-11-25(27)30/h3-14,20,23H,15-19H2,1-2H3/t23-/m0/s1. The van der Waals surface area contributed by atoms with Crippen LogP contribution in [0.4, 0.5) is 10.1 Å². The summed E-state index contributed by atoms with van der Waals surface area (Å²) in [5.74, 6) is 0.512. The summed E-state index contributed by atoms with van der Waals surface area (Å²) in [6, 6.07) is 23.0. The van der Waals surface area contributed by atoms with Crippen molar-refractivity contribution in [2.75, 3.05) is 38.2 Å². The van der Waals surface area contributed by atoms with E-state index in [-0.39, 0.29) is 17.6 Å². The third-order valence-corrected chi connectivity index (χ3v) is 7.02. The Labute approximate surface area is 205 Å². The highest BCUT2D eigenvalue weighted by Gasteiger charge is 2.29. The van der Waals surface area contributed by atoms with Crippen molar-refractivity contribution in [2.24, 2.45) is 7.05 Å². The van der Waals surface area contributed by atoms with Gasteiger partial charge < -0.3 is 19.1 Å². The highest BCUT2D eigenvalue weighted by molar-refractivity contribution is 5.87. The van der Waals surface area contributed by atoms with Gasteiger partial charge in [0.25, 0.3) is 0 Å². The number of methoxy groups -OCH3 is 1. The third-order valence-electron chi connectivity index (χ3n) is 7.02. The quantitative estimate of drug-likeness (QED) is 0.388. The maximum absolute atomic E-state index is 14.2. The number of hydrogen-bond donors (Lipinski definition) is 0. The van der Waals surface area contributed by atoms with Crippen LogP contribution in [0.25, 0.3) is 10.9 Å². The molecule has 35 heavy (non-hydrogen) atoms. The molecule has 0 N–H and O–H groups in total. The van der Waals surface area contributed by atoms with Crippen LogP contribution in [0.1, 0.15) is 23.5 Å². The van der Waals surface area contributed by atoms with E-state index in [2.05, 4.69) is 29.0 Å². The Balaban J connectivity index is 1.41. The number of carbonyl (C=O) groups is 1. The SMILES string of the molecule is COc1ccccc1[C@H](CC(=O)N1CCN(c2ccccc2F)CC1)c1cn(C)c2ccccc12. The number of halogens is 1. The number of nitrogens with zero attached hydrogens (tertiary/aromatic N) is 3. The van der Waals surface area contributed by atoms with E-state index in [0.29, 0.717) is 38.3 Å². The molecule has 1 aliphatic heterocycles. The molecule has 5 nitrogen and oxygen atoms in total. The number of anilines is 1. The van der Waals surface area contributed by atoms with Crippen molar-refractivity contribution in [3.63, 3.8) is 0 Å². The Morgan fingerprint density at radius 2 is 1.60 bits per heavy atom. The largest absolute Gasteiger partial charge is 0.496 e. The van der Waals surface area contributed by atoms with E-state index in [1.165, 1.54) is 6.07 Å². The summed E-state index contributed by atoms with van der Waals surface area (Å²) in [6.07, 6.45) is 2.47. The molecule has 1 aliphatic rings. The molecule has 5 rings (SSSR count). The fraction of sp³-hybridized carbons (Fsp3) is 0.276. The monoisotopic (exact) mass is 471 g/mol. The van der Waals surface area contributed by atoms with Gasteiger partial charge in [-0.1, -0.05) is 48.5 Å². The third kappa shape index (κ3) is 4.48. The summed E-state index contributed by atoms with van der Waals surface area (Å²) in [4.78, 5) is 17.5. The van der Waals surface area contributed by atoms with Gasteiger partial charge in [0.1, 0.15) is 11.6 Å². The van der Waals surface area contributed by atoms with E-state index >= 15 is 0 Å². The molecule has 0 aliphatic carbocycles. The number of piperazine rings is 1. The van der Waals surface area contributed by atoms with Gasteiger partial charge in [-0.2, -0.15) is 0 Å². The van der Waals surface area contributed by atoms with E-state index in [4.69, 9.17) is 4.74 Å². The number of rotatable bonds is 6. The smallest absolute Gasteiger partial charge is 0.223 e. The molecule has 0 spiro atoms. The molecule has 1 atom stereocenters. The van der Waals surface area contributed by atoms with Crippen molar-refractivity contribution in [3.05, 3.63) is 95.9 Å². The van der Waals surface area contributed by atoms with Crippen molar-refractivity contribution in [1.29, 1.82) is 0 Å². The molecule has 1 fully saturated rings. The van der Waals surface area contributed by atoms with E-state index in [0.717, 1.165) is 27.8 Å². The molecule has 2 heterocycles. The topological polar surface area (TPSA) is 37.7 Å². The minimum absolute atomic E-state index is 0.0991. The normalized spacial score (nSPS) is 14.8. The highest BCUT2D eigenvalue weighted by atomic mass is 19.1. The lowest BCUT2D eigenvalue weighted by atomic mass is 9.87. The van der Waals surface area contributed by atoms with E-state index in [9.17, 15) is 9.18 Å². The van der Waals surface area contributed by atoms with Crippen molar-refractivity contribution in [1.82, 2.24) is 9.47 Å². The van der Waals surface area contributed by atoms with Gasteiger partial charge in [0.05, 0.1) is 12.8 Å². The van der Waals surface area contributed by atoms with Gasteiger partial charge in [-0.15, -0.1) is 0 Å². The Bertz CT molecular complexity index is 1340. The van der Waals surface area contributed by atoms with Crippen molar-refractivity contribution in [2.45, 2.75) is 12.3 Å². The summed E-state index contributed by atoms with van der Waals surface area (Å²) < 4.78 is 22.1. The summed E-state index contributed by atoms with van der Waals surface area (Å²) >= 11 is 0. The second-order valence-corrected chi connectivity index (χ2v) is 9.03. The molecule has 6 heteroatoms. The number of hydrogen-bond acceptors (Lipinski definition) is 3. The Kier molecular flexibility index (Phi) is 6.45. The first-order valence-corrected chi connectivity index (χ1v) is 12.0. The van der Waals surface area contributed by atoms with Gasteiger partial charge in [0.15, 0.2) is 0 Å². The number of benzene rings is 3. The van der Waals surface area contributed by atoms with Crippen LogP contribution in [0, 0.1) is 5.82 Å². The number of ether oxygens (including phenoxy) is 1. The molecule has 0 unspecified atom stereocenters. The maximum atomic E-state index is 14.2. The summed E-state index contributed by atoms with van der Waals surface area (Å²) in [5.41, 5.74) is 3.85. The Morgan fingerprint density at radius 3 is 2.37 bits per heavy atom. The van der Waals surface area contributed by atoms with Crippen LogP contribution >= 0.6 is 0 Å². The molecule has 4 aromatic rings. The van der Waals surface area contributed by atoms with Gasteiger partial charge >= 0.3 is 0 Å². The molecule has 1 aromatic heterocycles. The van der Waals surface area contributed by atoms with Crippen LogP contribution in [0.15, 0.2) is 79.0 Å². The highest BCUT2D eigenvalue weighted by Crippen LogP contribution is 2.39. The lowest BCUT2D eigenvalue weighted by Gasteiger charge is -2.37. The zero-order valence-corrected chi connectivity index (χ0v) is 20.2. The average Bonchev–Trinajstić information content (AvgIpc) is 3.24. The number of carbonyl (C=O) groups excluding carboxylic acids is 1. The number of para-hydroxylation sites is 3. The summed E-state index contributed by atoms with van der Waals surface area (Å²) in [7, 11) is 3.71. The van der Waals surface area contributed by atoms with Crippen molar-refractivity contribution >= 4 is 22.5 Å². The van der Waals surface area contributed by atoms with Crippen molar-refractivity contribution in [3.8, 4) is 5.75 Å². The molecular formula is C29H30FN3O2. The van der Waals surface area contributed by atoms with E-state index in [1.807, 2.05) is 53.2 Å². The number of aromatic nitrogens is 1. The van der Waals surface area contributed by atoms with Crippen LogP contribution in [-0.2, 0) is 11.8 Å². The Hall–Kier alpha value is -3.80. The first-order valence-electron chi connectivity index (χ1n) is 12.0. The second-order valence-electron chi connectivity index (χ2n) is 9.03. The second kappa shape index (κ2) is 9.82. The molecular weight excluding hydrogens is 441 g/mol. The predicted molar refractivity (Wildman–Crippen MR) is 138 cm³/mol. The van der Waals surface area contributed by atoms with Gasteiger partial charge in [0, 0.05) is 68.2 Å². The zero-order chi connectivity index (χ0) is 24.4. The van der Waals surface area contributed by atoms with Crippen LogP contribution in [0.3, 0.4) is 0 Å². The van der Waals surface area contributed by atoms with E-state index in [1.54, 1.807) is 19.2 Å². The lowest BCUT2D eigenvalue weighted by Crippen LogP contribution is -2.49. The van der Waals surface area contributed by atoms with Gasteiger partial charge in [-0.05, 0) is 29.8 Å². The van der Waals surface area contributed by atoms with Crippen LogP contribution in [0.2, 0.25) is 0 Å². The predicted octanol–water partition coefficient (Wildman–Crippen LogP) is 5.20. The fourth-order valence-corrected chi connectivity index (χ4v) is 5.20. The zero-order valence-electron chi connectivity index (χ0n) is 20.2. The molecule has 0 radical (unpaired) electrons. The molecule has 0 bridgehead atoms. The summed E-state index contributed by atoms with van der Waals surface area (Å²) in [5, 5.41) is 1.14. The van der Waals surface area contributed by atoms with Gasteiger partial charge in [-0.3, -0.25) is 4.79 Å². The van der Waals surface area contributed by atoms with Gasteiger partial charge in [0.2, 0.25) is 5.91 Å². The van der Waals surface area contributed by atoms with Crippen LogP contribution < -0.4 is 9.64 Å². The first-order chi connectivity index (χ1) is 17.1. The number of aryl methyl sites for hydroxylation is 1. The average molecular weight is 472 g/mol. The van der Waals surface area contributed by atoms with Crippen LogP contribution in [-0.4, -0.2) is 48.7 Å². The van der Waals surface area contributed by atoms with Crippen LogP contribution in [0.5, 0.6) is 5.75 Å².